The van der Waals surface area contributed by atoms with Crippen LogP contribution >= 0.6 is 0 Å². The van der Waals surface area contributed by atoms with Crippen molar-refractivity contribution < 1.29 is 19.1 Å². The lowest BCUT2D eigenvalue weighted by atomic mass is 10.1. The van der Waals surface area contributed by atoms with Crippen molar-refractivity contribution in [3.63, 3.8) is 0 Å². The van der Waals surface area contributed by atoms with Gasteiger partial charge in [0, 0.05) is 18.0 Å². The fourth-order valence-electron chi connectivity index (χ4n) is 2.67. The molecule has 1 fully saturated rings. The van der Waals surface area contributed by atoms with Gasteiger partial charge in [0.1, 0.15) is 5.75 Å². The van der Waals surface area contributed by atoms with E-state index in [1.54, 1.807) is 19.2 Å². The fourth-order valence-corrected chi connectivity index (χ4v) is 2.67. The second-order valence-corrected chi connectivity index (χ2v) is 5.71. The number of methoxy groups -OCH3 is 2. The van der Waals surface area contributed by atoms with Crippen LogP contribution in [0.5, 0.6) is 11.6 Å². The SMILES string of the molecule is COc1ccc(NC(=O)C(=O)N[C@@H]2C[C@H]2c2ccccc2OC)cn1. The maximum atomic E-state index is 12.1. The van der Waals surface area contributed by atoms with E-state index in [0.717, 1.165) is 17.7 Å². The highest BCUT2D eigenvalue weighted by molar-refractivity contribution is 6.39. The molecule has 1 aromatic carbocycles. The van der Waals surface area contributed by atoms with Crippen LogP contribution in [0.15, 0.2) is 42.6 Å². The number of aromatic nitrogens is 1. The summed E-state index contributed by atoms with van der Waals surface area (Å²) in [5.41, 5.74) is 1.47. The van der Waals surface area contributed by atoms with E-state index in [9.17, 15) is 9.59 Å². The number of ether oxygens (including phenoxy) is 2. The van der Waals surface area contributed by atoms with Crippen molar-refractivity contribution in [3.8, 4) is 11.6 Å². The Balaban J connectivity index is 1.55. The van der Waals surface area contributed by atoms with Gasteiger partial charge in [-0.2, -0.15) is 0 Å². The number of carbonyl (C=O) groups excluding carboxylic acids is 2. The van der Waals surface area contributed by atoms with E-state index in [1.807, 2.05) is 24.3 Å². The number of amides is 2. The second-order valence-electron chi connectivity index (χ2n) is 5.71. The van der Waals surface area contributed by atoms with Crippen LogP contribution in [0, 0.1) is 0 Å². The summed E-state index contributed by atoms with van der Waals surface area (Å²) in [4.78, 5) is 28.0. The van der Waals surface area contributed by atoms with E-state index in [2.05, 4.69) is 15.6 Å². The average molecular weight is 341 g/mol. The Morgan fingerprint density at radius 2 is 1.88 bits per heavy atom. The Bertz CT molecular complexity index is 776. The van der Waals surface area contributed by atoms with E-state index >= 15 is 0 Å². The first kappa shape index (κ1) is 16.8. The molecule has 1 saturated carbocycles. The van der Waals surface area contributed by atoms with Crippen LogP contribution < -0.4 is 20.1 Å². The quantitative estimate of drug-likeness (QED) is 0.808. The van der Waals surface area contributed by atoms with Gasteiger partial charge in [0.15, 0.2) is 0 Å². The van der Waals surface area contributed by atoms with Crippen molar-refractivity contribution in [1.82, 2.24) is 10.3 Å². The van der Waals surface area contributed by atoms with Crippen molar-refractivity contribution in [1.29, 1.82) is 0 Å². The average Bonchev–Trinajstić information content (AvgIpc) is 3.41. The Morgan fingerprint density at radius 1 is 1.08 bits per heavy atom. The van der Waals surface area contributed by atoms with Crippen LogP contribution in [-0.2, 0) is 9.59 Å². The van der Waals surface area contributed by atoms with Gasteiger partial charge in [-0.15, -0.1) is 0 Å². The number of nitrogens with one attached hydrogen (secondary N) is 2. The molecule has 3 rings (SSSR count). The zero-order valence-electron chi connectivity index (χ0n) is 14.0. The molecule has 1 aromatic heterocycles. The Labute approximate surface area is 145 Å². The topological polar surface area (TPSA) is 89.5 Å². The Kier molecular flexibility index (Phi) is 4.83. The van der Waals surface area contributed by atoms with Crippen LogP contribution in [0.1, 0.15) is 17.9 Å². The van der Waals surface area contributed by atoms with Gasteiger partial charge in [-0.1, -0.05) is 18.2 Å². The highest BCUT2D eigenvalue weighted by atomic mass is 16.5. The first-order valence-corrected chi connectivity index (χ1v) is 7.87. The van der Waals surface area contributed by atoms with Crippen molar-refractivity contribution in [2.24, 2.45) is 0 Å². The van der Waals surface area contributed by atoms with Gasteiger partial charge in [0.05, 0.1) is 26.1 Å². The summed E-state index contributed by atoms with van der Waals surface area (Å²) in [6, 6.07) is 10.8. The fraction of sp³-hybridized carbons (Fsp3) is 0.278. The summed E-state index contributed by atoms with van der Waals surface area (Å²) in [6.07, 6.45) is 2.21. The molecule has 2 aromatic rings. The summed E-state index contributed by atoms with van der Waals surface area (Å²) in [5.74, 6) is -0.00972. The smallest absolute Gasteiger partial charge is 0.313 e. The third-order valence-electron chi connectivity index (χ3n) is 4.05. The number of carbonyl (C=O) groups is 2. The molecular weight excluding hydrogens is 322 g/mol. The molecule has 0 aliphatic heterocycles. The van der Waals surface area contributed by atoms with Crippen molar-refractivity contribution in [2.45, 2.75) is 18.4 Å². The molecule has 0 spiro atoms. The van der Waals surface area contributed by atoms with Gasteiger partial charge in [-0.3, -0.25) is 9.59 Å². The number of rotatable bonds is 5. The number of hydrogen-bond donors (Lipinski definition) is 2. The molecule has 2 N–H and O–H groups in total. The van der Waals surface area contributed by atoms with Gasteiger partial charge in [-0.05, 0) is 24.1 Å². The molecule has 0 saturated heterocycles. The van der Waals surface area contributed by atoms with Crippen LogP contribution in [0.4, 0.5) is 5.69 Å². The van der Waals surface area contributed by atoms with Crippen LogP contribution in [0.25, 0.3) is 0 Å². The lowest BCUT2D eigenvalue weighted by molar-refractivity contribution is -0.136. The molecule has 0 bridgehead atoms. The van der Waals surface area contributed by atoms with E-state index in [-0.39, 0.29) is 12.0 Å². The van der Waals surface area contributed by atoms with Crippen LogP contribution in [0.2, 0.25) is 0 Å². The summed E-state index contributed by atoms with van der Waals surface area (Å²) in [6.45, 7) is 0. The third kappa shape index (κ3) is 3.88. The maximum absolute atomic E-state index is 12.1. The largest absolute Gasteiger partial charge is 0.496 e. The van der Waals surface area contributed by atoms with E-state index in [4.69, 9.17) is 9.47 Å². The molecule has 2 atom stereocenters. The van der Waals surface area contributed by atoms with Crippen LogP contribution in [-0.4, -0.2) is 37.1 Å². The molecule has 0 unspecified atom stereocenters. The summed E-state index contributed by atoms with van der Waals surface area (Å²) in [5, 5.41) is 5.25. The highest BCUT2D eigenvalue weighted by Crippen LogP contribution is 2.44. The normalized spacial score (nSPS) is 18.2. The molecular formula is C18H19N3O4. The van der Waals surface area contributed by atoms with Crippen LogP contribution in [0.3, 0.4) is 0 Å². The molecule has 1 aliphatic rings. The lowest BCUT2D eigenvalue weighted by Crippen LogP contribution is -2.37. The standard InChI is InChI=1S/C18H19N3O4/c1-24-15-6-4-3-5-12(15)13-9-14(13)21-18(23)17(22)20-11-7-8-16(25-2)19-10-11/h3-8,10,13-14H,9H2,1-2H3,(H,20,22)(H,21,23)/t13-,14+/m0/s1. The molecule has 1 aliphatic carbocycles. The molecule has 25 heavy (non-hydrogen) atoms. The Morgan fingerprint density at radius 3 is 2.56 bits per heavy atom. The summed E-state index contributed by atoms with van der Waals surface area (Å²) >= 11 is 0. The lowest BCUT2D eigenvalue weighted by Gasteiger charge is -2.09. The van der Waals surface area contributed by atoms with Gasteiger partial charge >= 0.3 is 11.8 Å². The minimum atomic E-state index is -0.724. The maximum Gasteiger partial charge on any atom is 0.313 e. The van der Waals surface area contributed by atoms with Gasteiger partial charge in [-0.25, -0.2) is 4.98 Å². The zero-order valence-corrected chi connectivity index (χ0v) is 14.0. The first-order chi connectivity index (χ1) is 12.1. The van der Waals surface area contributed by atoms with Gasteiger partial charge in [0.25, 0.3) is 0 Å². The van der Waals surface area contributed by atoms with E-state index in [1.165, 1.54) is 13.3 Å². The minimum Gasteiger partial charge on any atom is -0.496 e. The predicted octanol–water partition coefficient (Wildman–Crippen LogP) is 1.71. The first-order valence-electron chi connectivity index (χ1n) is 7.87. The monoisotopic (exact) mass is 341 g/mol. The van der Waals surface area contributed by atoms with E-state index in [0.29, 0.717) is 11.6 Å². The minimum absolute atomic E-state index is 0.0662. The van der Waals surface area contributed by atoms with Crippen molar-refractivity contribution >= 4 is 17.5 Å². The third-order valence-corrected chi connectivity index (χ3v) is 4.05. The Hall–Kier alpha value is -3.09. The highest BCUT2D eigenvalue weighted by Gasteiger charge is 2.41. The van der Waals surface area contributed by atoms with Crippen molar-refractivity contribution in [2.75, 3.05) is 19.5 Å². The number of pyridine rings is 1. The van der Waals surface area contributed by atoms with Crippen molar-refractivity contribution in [3.05, 3.63) is 48.2 Å². The molecule has 2 amide bonds. The summed E-state index contributed by atoms with van der Waals surface area (Å²) in [7, 11) is 3.12. The molecule has 7 heteroatoms. The van der Waals surface area contributed by atoms with Gasteiger partial charge < -0.3 is 20.1 Å². The second kappa shape index (κ2) is 7.21. The zero-order chi connectivity index (χ0) is 17.8. The van der Waals surface area contributed by atoms with E-state index < -0.39 is 11.8 Å². The molecule has 130 valence electrons. The number of para-hydroxylation sites is 1. The predicted molar refractivity (Wildman–Crippen MR) is 91.7 cm³/mol. The number of anilines is 1. The summed E-state index contributed by atoms with van der Waals surface area (Å²) < 4.78 is 10.3. The molecule has 1 heterocycles. The number of benzene rings is 1. The molecule has 7 nitrogen and oxygen atoms in total. The molecule has 0 radical (unpaired) electrons. The van der Waals surface area contributed by atoms with Gasteiger partial charge in [0.2, 0.25) is 5.88 Å². The number of hydrogen-bond acceptors (Lipinski definition) is 5. The number of nitrogens with zero attached hydrogens (tertiary/aromatic N) is 1.